The van der Waals surface area contributed by atoms with Crippen LogP contribution in [0.25, 0.3) is 0 Å². The minimum Gasteiger partial charge on any atom is -0.370 e. The number of anilines is 3. The first-order valence-corrected chi connectivity index (χ1v) is 8.06. The highest BCUT2D eigenvalue weighted by Gasteiger charge is 2.06. The van der Waals surface area contributed by atoms with Crippen LogP contribution in [0.15, 0.2) is 48.5 Å². The van der Waals surface area contributed by atoms with Gasteiger partial charge in [0.1, 0.15) is 11.6 Å². The third kappa shape index (κ3) is 4.72. The average Bonchev–Trinajstić information content (AvgIpc) is 2.59. The second kappa shape index (κ2) is 7.86. The van der Waals surface area contributed by atoms with Crippen molar-refractivity contribution in [1.82, 2.24) is 9.97 Å². The molecule has 0 atom stereocenters. The maximum absolute atomic E-state index is 13.3. The average molecular weight is 358 g/mol. The van der Waals surface area contributed by atoms with Crippen molar-refractivity contribution in [3.63, 3.8) is 0 Å². The van der Waals surface area contributed by atoms with Crippen molar-refractivity contribution >= 4 is 17.5 Å². The van der Waals surface area contributed by atoms with E-state index in [1.54, 1.807) is 18.2 Å². The third-order valence-electron chi connectivity index (χ3n) is 3.66. The number of nitrogens with one attached hydrogen (secondary N) is 2. The SMILES string of the molecule is Cc1cc(NCCc2ccc(F)cc2)nc(Nc2ccc(F)c(F)c2)n1. The molecule has 0 aliphatic carbocycles. The van der Waals surface area contributed by atoms with E-state index >= 15 is 0 Å². The Labute approximate surface area is 149 Å². The monoisotopic (exact) mass is 358 g/mol. The van der Waals surface area contributed by atoms with Gasteiger partial charge in [0.2, 0.25) is 5.95 Å². The summed E-state index contributed by atoms with van der Waals surface area (Å²) in [5.41, 5.74) is 2.07. The maximum atomic E-state index is 13.3. The summed E-state index contributed by atoms with van der Waals surface area (Å²) in [6.45, 7) is 2.41. The highest BCUT2D eigenvalue weighted by atomic mass is 19.2. The fourth-order valence-corrected chi connectivity index (χ4v) is 2.40. The molecular formula is C19H17F3N4. The molecule has 0 aliphatic rings. The van der Waals surface area contributed by atoms with Crippen LogP contribution in [0.4, 0.5) is 30.6 Å². The van der Waals surface area contributed by atoms with Gasteiger partial charge in [-0.2, -0.15) is 4.98 Å². The van der Waals surface area contributed by atoms with Crippen LogP contribution in [0.2, 0.25) is 0 Å². The molecule has 0 unspecified atom stereocenters. The fraction of sp³-hybridized carbons (Fsp3) is 0.158. The molecule has 134 valence electrons. The number of aryl methyl sites for hydroxylation is 1. The van der Waals surface area contributed by atoms with E-state index in [0.29, 0.717) is 24.5 Å². The standard InChI is InChI=1S/C19H17F3N4/c1-12-10-18(23-9-8-13-2-4-14(20)5-3-13)26-19(24-12)25-15-6-7-16(21)17(22)11-15/h2-7,10-11H,8-9H2,1H3,(H2,23,24,25,26). The molecule has 4 nitrogen and oxygen atoms in total. The number of aromatic nitrogens is 2. The quantitative estimate of drug-likeness (QED) is 0.676. The third-order valence-corrected chi connectivity index (χ3v) is 3.66. The van der Waals surface area contributed by atoms with Crippen molar-refractivity contribution < 1.29 is 13.2 Å². The van der Waals surface area contributed by atoms with Crippen LogP contribution in [0.3, 0.4) is 0 Å². The summed E-state index contributed by atoms with van der Waals surface area (Å²) in [5.74, 6) is -1.24. The van der Waals surface area contributed by atoms with E-state index in [2.05, 4.69) is 20.6 Å². The molecule has 0 amide bonds. The number of rotatable bonds is 6. The number of hydrogen-bond acceptors (Lipinski definition) is 4. The molecule has 3 rings (SSSR count). The van der Waals surface area contributed by atoms with Crippen molar-refractivity contribution in [3.05, 3.63) is 77.2 Å². The molecule has 1 heterocycles. The predicted octanol–water partition coefficient (Wildman–Crippen LogP) is 4.60. The molecule has 2 aromatic carbocycles. The van der Waals surface area contributed by atoms with Gasteiger partial charge in [-0.15, -0.1) is 0 Å². The molecule has 0 saturated carbocycles. The fourth-order valence-electron chi connectivity index (χ4n) is 2.40. The highest BCUT2D eigenvalue weighted by Crippen LogP contribution is 2.18. The summed E-state index contributed by atoms with van der Waals surface area (Å²) >= 11 is 0. The second-order valence-electron chi connectivity index (χ2n) is 5.78. The van der Waals surface area contributed by atoms with Crippen LogP contribution in [-0.2, 0) is 6.42 Å². The van der Waals surface area contributed by atoms with Gasteiger partial charge in [0, 0.05) is 30.1 Å². The van der Waals surface area contributed by atoms with Crippen molar-refractivity contribution in [2.45, 2.75) is 13.3 Å². The van der Waals surface area contributed by atoms with Crippen molar-refractivity contribution in [2.24, 2.45) is 0 Å². The van der Waals surface area contributed by atoms with Crippen molar-refractivity contribution in [1.29, 1.82) is 0 Å². The topological polar surface area (TPSA) is 49.8 Å². The zero-order valence-electron chi connectivity index (χ0n) is 14.1. The Balaban J connectivity index is 1.65. The number of benzene rings is 2. The zero-order chi connectivity index (χ0) is 18.5. The summed E-state index contributed by atoms with van der Waals surface area (Å²) in [6.07, 6.45) is 0.704. The first kappa shape index (κ1) is 17.7. The number of halogens is 3. The van der Waals surface area contributed by atoms with E-state index in [-0.39, 0.29) is 11.8 Å². The minimum atomic E-state index is -0.944. The Morgan fingerprint density at radius 2 is 1.65 bits per heavy atom. The molecule has 3 aromatic rings. The maximum Gasteiger partial charge on any atom is 0.229 e. The van der Waals surface area contributed by atoms with Gasteiger partial charge in [-0.1, -0.05) is 12.1 Å². The van der Waals surface area contributed by atoms with Crippen LogP contribution in [0, 0.1) is 24.4 Å². The van der Waals surface area contributed by atoms with Crippen molar-refractivity contribution in [2.75, 3.05) is 17.2 Å². The van der Waals surface area contributed by atoms with Gasteiger partial charge in [-0.05, 0) is 43.2 Å². The van der Waals surface area contributed by atoms with E-state index in [4.69, 9.17) is 0 Å². The predicted molar refractivity (Wildman–Crippen MR) is 95.0 cm³/mol. The summed E-state index contributed by atoms with van der Waals surface area (Å²) < 4.78 is 39.2. The molecule has 0 aliphatic heterocycles. The van der Waals surface area contributed by atoms with E-state index in [1.165, 1.54) is 18.2 Å². The molecule has 0 bridgehead atoms. The lowest BCUT2D eigenvalue weighted by Gasteiger charge is -2.10. The van der Waals surface area contributed by atoms with Crippen LogP contribution < -0.4 is 10.6 Å². The Bertz CT molecular complexity index is 898. The first-order chi connectivity index (χ1) is 12.5. The summed E-state index contributed by atoms with van der Waals surface area (Å²) in [5, 5.41) is 6.03. The van der Waals surface area contributed by atoms with E-state index in [1.807, 2.05) is 6.92 Å². The van der Waals surface area contributed by atoms with Gasteiger partial charge in [-0.25, -0.2) is 18.2 Å². The van der Waals surface area contributed by atoms with Gasteiger partial charge >= 0.3 is 0 Å². The van der Waals surface area contributed by atoms with Crippen LogP contribution >= 0.6 is 0 Å². The summed E-state index contributed by atoms with van der Waals surface area (Å²) in [7, 11) is 0. The van der Waals surface area contributed by atoms with E-state index in [9.17, 15) is 13.2 Å². The largest absolute Gasteiger partial charge is 0.370 e. The number of nitrogens with zero attached hydrogens (tertiary/aromatic N) is 2. The van der Waals surface area contributed by atoms with Gasteiger partial charge < -0.3 is 10.6 Å². The highest BCUT2D eigenvalue weighted by molar-refractivity contribution is 5.55. The Kier molecular flexibility index (Phi) is 5.36. The van der Waals surface area contributed by atoms with Gasteiger partial charge in [0.05, 0.1) is 0 Å². The van der Waals surface area contributed by atoms with Crippen LogP contribution in [0.1, 0.15) is 11.3 Å². The molecule has 7 heteroatoms. The van der Waals surface area contributed by atoms with Crippen LogP contribution in [-0.4, -0.2) is 16.5 Å². The minimum absolute atomic E-state index is 0.263. The molecule has 0 radical (unpaired) electrons. The number of hydrogen-bond donors (Lipinski definition) is 2. The lowest BCUT2D eigenvalue weighted by molar-refractivity contribution is 0.509. The molecule has 26 heavy (non-hydrogen) atoms. The lowest BCUT2D eigenvalue weighted by atomic mass is 10.1. The molecule has 0 saturated heterocycles. The van der Waals surface area contributed by atoms with E-state index < -0.39 is 11.6 Å². The molecule has 0 fully saturated rings. The smallest absolute Gasteiger partial charge is 0.229 e. The van der Waals surface area contributed by atoms with Gasteiger partial charge in [0.25, 0.3) is 0 Å². The Hall–Kier alpha value is -3.09. The van der Waals surface area contributed by atoms with Gasteiger partial charge in [0.15, 0.2) is 11.6 Å². The lowest BCUT2D eigenvalue weighted by Crippen LogP contribution is -2.09. The normalized spacial score (nSPS) is 10.6. The molecular weight excluding hydrogens is 341 g/mol. The molecule has 0 spiro atoms. The zero-order valence-corrected chi connectivity index (χ0v) is 14.1. The second-order valence-corrected chi connectivity index (χ2v) is 5.78. The molecule has 1 aromatic heterocycles. The summed E-state index contributed by atoms with van der Waals surface area (Å²) in [6, 6.07) is 11.6. The van der Waals surface area contributed by atoms with Crippen LogP contribution in [0.5, 0.6) is 0 Å². The van der Waals surface area contributed by atoms with Gasteiger partial charge in [-0.3, -0.25) is 0 Å². The Morgan fingerprint density at radius 3 is 2.38 bits per heavy atom. The Morgan fingerprint density at radius 1 is 0.885 bits per heavy atom. The summed E-state index contributed by atoms with van der Waals surface area (Å²) in [4.78, 5) is 8.55. The first-order valence-electron chi connectivity index (χ1n) is 8.06. The molecule has 2 N–H and O–H groups in total. The van der Waals surface area contributed by atoms with Crippen molar-refractivity contribution in [3.8, 4) is 0 Å². The van der Waals surface area contributed by atoms with E-state index in [0.717, 1.165) is 23.4 Å².